The van der Waals surface area contributed by atoms with Crippen LogP contribution < -0.4 is 0 Å². The molecule has 1 saturated heterocycles. The Bertz CT molecular complexity index is 364. The minimum atomic E-state index is -0.537. The van der Waals surface area contributed by atoms with E-state index in [1.807, 2.05) is 12.1 Å². The van der Waals surface area contributed by atoms with E-state index in [9.17, 15) is 5.11 Å². The largest absolute Gasteiger partial charge is 0.388 e. The Morgan fingerprint density at radius 3 is 3.00 bits per heavy atom. The summed E-state index contributed by atoms with van der Waals surface area (Å²) in [4.78, 5) is 0. The molecule has 2 atom stereocenters. The number of rotatable bonds is 2. The molecule has 4 heteroatoms. The van der Waals surface area contributed by atoms with Crippen LogP contribution in [0.5, 0.6) is 0 Å². The fourth-order valence-electron chi connectivity index (χ4n) is 2.01. The molecule has 1 heterocycles. The van der Waals surface area contributed by atoms with Gasteiger partial charge in [-0.3, -0.25) is 0 Å². The van der Waals surface area contributed by atoms with Gasteiger partial charge in [-0.15, -0.1) is 0 Å². The molecule has 1 aliphatic rings. The molecule has 0 saturated carbocycles. The molecule has 0 aliphatic carbocycles. The van der Waals surface area contributed by atoms with Gasteiger partial charge in [0.1, 0.15) is 0 Å². The summed E-state index contributed by atoms with van der Waals surface area (Å²) in [5.74, 6) is 0.153. The summed E-state index contributed by atoms with van der Waals surface area (Å²) in [6.07, 6.45) is 1.46. The van der Waals surface area contributed by atoms with Crippen molar-refractivity contribution in [3.8, 4) is 0 Å². The standard InChI is InChI=1S/C12H14BrClO2/c13-9-3-4-11(14)10(6-9)12(15)8-2-1-5-16-7-8/h3-4,6,8,12,15H,1-2,5,7H2. The zero-order valence-corrected chi connectivity index (χ0v) is 11.2. The first kappa shape index (κ1) is 12.4. The van der Waals surface area contributed by atoms with E-state index < -0.39 is 6.10 Å². The average molecular weight is 306 g/mol. The van der Waals surface area contributed by atoms with E-state index in [0.29, 0.717) is 11.6 Å². The van der Waals surface area contributed by atoms with Crippen LogP contribution in [0.25, 0.3) is 0 Å². The van der Waals surface area contributed by atoms with Crippen LogP contribution in [-0.2, 0) is 4.74 Å². The first-order chi connectivity index (χ1) is 7.68. The number of aliphatic hydroxyl groups excluding tert-OH is 1. The van der Waals surface area contributed by atoms with E-state index in [2.05, 4.69) is 15.9 Å². The summed E-state index contributed by atoms with van der Waals surface area (Å²) < 4.78 is 6.31. The molecule has 1 fully saturated rings. The Hall–Kier alpha value is -0.0900. The van der Waals surface area contributed by atoms with Gasteiger partial charge in [0.2, 0.25) is 0 Å². The third-order valence-corrected chi connectivity index (χ3v) is 3.76. The molecule has 88 valence electrons. The van der Waals surface area contributed by atoms with Gasteiger partial charge in [0.25, 0.3) is 0 Å². The molecule has 16 heavy (non-hydrogen) atoms. The van der Waals surface area contributed by atoms with Gasteiger partial charge in [-0.1, -0.05) is 27.5 Å². The highest BCUT2D eigenvalue weighted by Crippen LogP contribution is 2.34. The van der Waals surface area contributed by atoms with Gasteiger partial charge in [0.05, 0.1) is 12.7 Å². The van der Waals surface area contributed by atoms with Crippen molar-refractivity contribution in [2.75, 3.05) is 13.2 Å². The quantitative estimate of drug-likeness (QED) is 0.905. The van der Waals surface area contributed by atoms with Crippen LogP contribution in [0.15, 0.2) is 22.7 Å². The molecule has 0 radical (unpaired) electrons. The first-order valence-electron chi connectivity index (χ1n) is 5.39. The molecule has 0 spiro atoms. The Balaban J connectivity index is 2.18. The van der Waals surface area contributed by atoms with E-state index in [4.69, 9.17) is 16.3 Å². The Morgan fingerprint density at radius 1 is 1.50 bits per heavy atom. The van der Waals surface area contributed by atoms with Crippen molar-refractivity contribution < 1.29 is 9.84 Å². The number of hydrogen-bond donors (Lipinski definition) is 1. The van der Waals surface area contributed by atoms with E-state index in [-0.39, 0.29) is 5.92 Å². The number of hydrogen-bond acceptors (Lipinski definition) is 2. The molecule has 0 aromatic heterocycles. The summed E-state index contributed by atoms with van der Waals surface area (Å²) in [5.41, 5.74) is 0.784. The minimum absolute atomic E-state index is 0.153. The third kappa shape index (κ3) is 2.77. The van der Waals surface area contributed by atoms with Gasteiger partial charge in [-0.05, 0) is 31.0 Å². The Kier molecular flexibility index (Phi) is 4.25. The fourth-order valence-corrected chi connectivity index (χ4v) is 2.62. The maximum absolute atomic E-state index is 10.3. The molecular weight excluding hydrogens is 291 g/mol. The van der Waals surface area contributed by atoms with Crippen LogP contribution in [0.1, 0.15) is 24.5 Å². The molecular formula is C12H14BrClO2. The predicted octanol–water partition coefficient (Wildman–Crippen LogP) is 3.56. The maximum atomic E-state index is 10.3. The minimum Gasteiger partial charge on any atom is -0.388 e. The fraction of sp³-hybridized carbons (Fsp3) is 0.500. The second kappa shape index (κ2) is 5.50. The lowest BCUT2D eigenvalue weighted by molar-refractivity contribution is -0.00994. The van der Waals surface area contributed by atoms with Crippen molar-refractivity contribution in [1.29, 1.82) is 0 Å². The summed E-state index contributed by atoms with van der Waals surface area (Å²) >= 11 is 9.48. The van der Waals surface area contributed by atoms with Gasteiger partial charge in [0, 0.05) is 27.6 Å². The number of aliphatic hydroxyl groups is 1. The van der Waals surface area contributed by atoms with Crippen LogP contribution >= 0.6 is 27.5 Å². The summed E-state index contributed by atoms with van der Waals surface area (Å²) in [5, 5.41) is 10.9. The van der Waals surface area contributed by atoms with E-state index >= 15 is 0 Å². The number of ether oxygens (including phenoxy) is 1. The van der Waals surface area contributed by atoms with Crippen molar-refractivity contribution in [1.82, 2.24) is 0 Å². The third-order valence-electron chi connectivity index (χ3n) is 2.92. The molecule has 2 unspecified atom stereocenters. The lowest BCUT2D eigenvalue weighted by Gasteiger charge is -2.27. The zero-order valence-electron chi connectivity index (χ0n) is 8.83. The van der Waals surface area contributed by atoms with Crippen LogP contribution in [-0.4, -0.2) is 18.3 Å². The second-order valence-electron chi connectivity index (χ2n) is 4.09. The van der Waals surface area contributed by atoms with Crippen molar-refractivity contribution in [3.63, 3.8) is 0 Å². The van der Waals surface area contributed by atoms with Crippen molar-refractivity contribution in [2.24, 2.45) is 5.92 Å². The molecule has 1 aliphatic heterocycles. The van der Waals surface area contributed by atoms with Crippen LogP contribution in [0, 0.1) is 5.92 Å². The summed E-state index contributed by atoms with van der Waals surface area (Å²) in [6.45, 7) is 1.42. The average Bonchev–Trinajstić information content (AvgIpc) is 2.32. The van der Waals surface area contributed by atoms with Gasteiger partial charge in [-0.25, -0.2) is 0 Å². The van der Waals surface area contributed by atoms with Crippen LogP contribution in [0.4, 0.5) is 0 Å². The molecule has 2 nitrogen and oxygen atoms in total. The van der Waals surface area contributed by atoms with Gasteiger partial charge in [-0.2, -0.15) is 0 Å². The van der Waals surface area contributed by atoms with Crippen LogP contribution in [0.2, 0.25) is 5.02 Å². The normalized spacial score (nSPS) is 23.1. The Labute approximate surface area is 109 Å². The van der Waals surface area contributed by atoms with E-state index in [1.54, 1.807) is 6.07 Å². The predicted molar refractivity (Wildman–Crippen MR) is 67.7 cm³/mol. The topological polar surface area (TPSA) is 29.5 Å². The SMILES string of the molecule is OC(c1cc(Br)ccc1Cl)C1CCCOC1. The van der Waals surface area contributed by atoms with Gasteiger partial charge >= 0.3 is 0 Å². The second-order valence-corrected chi connectivity index (χ2v) is 5.41. The smallest absolute Gasteiger partial charge is 0.0854 e. The highest BCUT2D eigenvalue weighted by Gasteiger charge is 2.25. The maximum Gasteiger partial charge on any atom is 0.0854 e. The molecule has 0 bridgehead atoms. The summed E-state index contributed by atoms with van der Waals surface area (Å²) in [7, 11) is 0. The molecule has 1 N–H and O–H groups in total. The van der Waals surface area contributed by atoms with Gasteiger partial charge in [0.15, 0.2) is 0 Å². The van der Waals surface area contributed by atoms with E-state index in [0.717, 1.165) is 29.5 Å². The molecule has 1 aromatic carbocycles. The van der Waals surface area contributed by atoms with Crippen LogP contribution in [0.3, 0.4) is 0 Å². The lowest BCUT2D eigenvalue weighted by Crippen LogP contribution is -2.23. The molecule has 2 rings (SSSR count). The Morgan fingerprint density at radius 2 is 2.31 bits per heavy atom. The van der Waals surface area contributed by atoms with Gasteiger partial charge < -0.3 is 9.84 Å². The zero-order chi connectivity index (χ0) is 11.5. The first-order valence-corrected chi connectivity index (χ1v) is 6.56. The van der Waals surface area contributed by atoms with E-state index in [1.165, 1.54) is 0 Å². The molecule has 1 aromatic rings. The summed E-state index contributed by atoms with van der Waals surface area (Å²) in [6, 6.07) is 5.55. The van der Waals surface area contributed by atoms with Crippen molar-refractivity contribution >= 4 is 27.5 Å². The monoisotopic (exact) mass is 304 g/mol. The highest BCUT2D eigenvalue weighted by atomic mass is 79.9. The van der Waals surface area contributed by atoms with Crippen molar-refractivity contribution in [3.05, 3.63) is 33.3 Å². The lowest BCUT2D eigenvalue weighted by atomic mass is 9.91. The number of benzene rings is 1. The van der Waals surface area contributed by atoms with Crippen molar-refractivity contribution in [2.45, 2.75) is 18.9 Å². The molecule has 0 amide bonds. The highest BCUT2D eigenvalue weighted by molar-refractivity contribution is 9.10. The number of halogens is 2.